The first-order chi connectivity index (χ1) is 15.3. The maximum atomic E-state index is 2.52. The zero-order valence-corrected chi connectivity index (χ0v) is 23.9. The summed E-state index contributed by atoms with van der Waals surface area (Å²) in [5.41, 5.74) is 12.5. The predicted molar refractivity (Wildman–Crippen MR) is 149 cm³/mol. The molecule has 2 aromatic carbocycles. The van der Waals surface area contributed by atoms with E-state index in [1.54, 1.807) is 33.4 Å². The first-order valence-electron chi connectivity index (χ1n) is 13.7. The quantitative estimate of drug-likeness (QED) is 0.339. The average molecular weight is 449 g/mol. The topological polar surface area (TPSA) is 0 Å². The number of benzene rings is 2. The first kappa shape index (κ1) is 27.7. The zero-order chi connectivity index (χ0) is 25.0. The summed E-state index contributed by atoms with van der Waals surface area (Å²) in [5, 5.41) is 0. The fraction of sp³-hybridized carbons (Fsp3) is 0.636. The smallest absolute Gasteiger partial charge is 0.0213 e. The predicted octanol–water partition coefficient (Wildman–Crippen LogP) is 10.6. The van der Waals surface area contributed by atoms with E-state index in [9.17, 15) is 0 Å². The fourth-order valence-electron chi connectivity index (χ4n) is 5.56. The van der Waals surface area contributed by atoms with E-state index in [1.165, 1.54) is 17.5 Å². The number of rotatable bonds is 10. The molecular weight excluding hydrogens is 396 g/mol. The minimum Gasteiger partial charge on any atom is -0.0587 e. The highest BCUT2D eigenvalue weighted by atomic mass is 14.2. The molecule has 0 amide bonds. The van der Waals surface area contributed by atoms with Gasteiger partial charge in [0, 0.05) is 0 Å². The van der Waals surface area contributed by atoms with Crippen molar-refractivity contribution in [3.05, 3.63) is 68.8 Å². The molecule has 0 saturated heterocycles. The maximum Gasteiger partial charge on any atom is -0.0213 e. The molecule has 0 aliphatic rings. The Kier molecular flexibility index (Phi) is 9.83. The van der Waals surface area contributed by atoms with Gasteiger partial charge in [-0.05, 0) is 99.3 Å². The average Bonchev–Trinajstić information content (AvgIpc) is 2.71. The molecule has 0 saturated carbocycles. The number of hydrogen-bond acceptors (Lipinski definition) is 0. The molecular formula is C33H52. The van der Waals surface area contributed by atoms with Gasteiger partial charge in [-0.15, -0.1) is 0 Å². The van der Waals surface area contributed by atoms with Crippen LogP contribution < -0.4 is 0 Å². The molecule has 33 heavy (non-hydrogen) atoms. The Morgan fingerprint density at radius 2 is 0.636 bits per heavy atom. The van der Waals surface area contributed by atoms with Gasteiger partial charge in [0.1, 0.15) is 0 Å². The largest absolute Gasteiger partial charge is 0.0587 e. The third-order valence-corrected chi connectivity index (χ3v) is 7.18. The van der Waals surface area contributed by atoms with E-state index in [-0.39, 0.29) is 0 Å². The highest BCUT2D eigenvalue weighted by Gasteiger charge is 2.20. The zero-order valence-electron chi connectivity index (χ0n) is 23.9. The van der Waals surface area contributed by atoms with Crippen LogP contribution in [-0.2, 0) is 12.8 Å². The standard InChI is InChI=1S/C33H52/c1-20(2)28-16-26(17-29(21(3)4)32(28)24(9)10)14-13-15-27-18-30(22(5)6)33(25(11)12)31(19-27)23(7)8/h16-25H,13-15H2,1-12H3. The summed E-state index contributed by atoms with van der Waals surface area (Å²) in [6, 6.07) is 10.1. The van der Waals surface area contributed by atoms with Gasteiger partial charge in [0.15, 0.2) is 0 Å². The maximum absolute atomic E-state index is 2.52. The minimum absolute atomic E-state index is 0.575. The Morgan fingerprint density at radius 1 is 0.394 bits per heavy atom. The second kappa shape index (κ2) is 11.7. The van der Waals surface area contributed by atoms with Crippen LogP contribution in [0.1, 0.15) is 170 Å². The molecule has 0 spiro atoms. The van der Waals surface area contributed by atoms with Crippen LogP contribution in [0.15, 0.2) is 24.3 Å². The molecule has 184 valence electrons. The normalized spacial score (nSPS) is 12.4. The van der Waals surface area contributed by atoms with Crippen LogP contribution in [0.25, 0.3) is 0 Å². The van der Waals surface area contributed by atoms with Gasteiger partial charge < -0.3 is 0 Å². The van der Waals surface area contributed by atoms with E-state index in [1.807, 2.05) is 0 Å². The van der Waals surface area contributed by atoms with Crippen LogP contribution >= 0.6 is 0 Å². The lowest BCUT2D eigenvalue weighted by Crippen LogP contribution is -2.08. The van der Waals surface area contributed by atoms with Crippen molar-refractivity contribution in [3.63, 3.8) is 0 Å². The monoisotopic (exact) mass is 448 g/mol. The summed E-state index contributed by atoms with van der Waals surface area (Å²) in [4.78, 5) is 0. The van der Waals surface area contributed by atoms with Gasteiger partial charge in [0.05, 0.1) is 0 Å². The lowest BCUT2D eigenvalue weighted by Gasteiger charge is -2.25. The summed E-state index contributed by atoms with van der Waals surface area (Å²) in [6.07, 6.45) is 3.54. The van der Waals surface area contributed by atoms with Crippen LogP contribution in [-0.4, -0.2) is 0 Å². The highest BCUT2D eigenvalue weighted by Crippen LogP contribution is 2.36. The first-order valence-corrected chi connectivity index (χ1v) is 13.7. The van der Waals surface area contributed by atoms with E-state index in [4.69, 9.17) is 0 Å². The molecule has 0 atom stereocenters. The van der Waals surface area contributed by atoms with Crippen LogP contribution in [0.2, 0.25) is 0 Å². The summed E-state index contributed by atoms with van der Waals surface area (Å²) < 4.78 is 0. The fourth-order valence-corrected chi connectivity index (χ4v) is 5.56. The van der Waals surface area contributed by atoms with Crippen LogP contribution in [0.4, 0.5) is 0 Å². The number of hydrogen-bond donors (Lipinski definition) is 0. The van der Waals surface area contributed by atoms with E-state index in [2.05, 4.69) is 107 Å². The van der Waals surface area contributed by atoms with Gasteiger partial charge in [0.2, 0.25) is 0 Å². The summed E-state index contributed by atoms with van der Waals surface area (Å²) in [7, 11) is 0. The van der Waals surface area contributed by atoms with Crippen LogP contribution in [0, 0.1) is 0 Å². The van der Waals surface area contributed by atoms with Gasteiger partial charge in [-0.3, -0.25) is 0 Å². The molecule has 0 nitrogen and oxygen atoms in total. The van der Waals surface area contributed by atoms with Crippen LogP contribution in [0.5, 0.6) is 0 Å². The Hall–Kier alpha value is -1.56. The van der Waals surface area contributed by atoms with Gasteiger partial charge in [-0.25, -0.2) is 0 Å². The molecule has 0 unspecified atom stereocenters. The lowest BCUT2D eigenvalue weighted by molar-refractivity contribution is 0.731. The van der Waals surface area contributed by atoms with Crippen molar-refractivity contribution in [1.82, 2.24) is 0 Å². The minimum atomic E-state index is 0.575. The molecule has 0 heterocycles. The van der Waals surface area contributed by atoms with Crippen molar-refractivity contribution in [2.75, 3.05) is 0 Å². The van der Waals surface area contributed by atoms with Crippen molar-refractivity contribution < 1.29 is 0 Å². The van der Waals surface area contributed by atoms with Crippen molar-refractivity contribution >= 4 is 0 Å². The Bertz CT molecular complexity index is 772. The molecule has 0 aliphatic heterocycles. The third-order valence-electron chi connectivity index (χ3n) is 7.18. The molecule has 0 aromatic heterocycles. The SMILES string of the molecule is CC(C)c1cc(CCCc2cc(C(C)C)c(C(C)C)c(C(C)C)c2)cc(C(C)C)c1C(C)C. The molecule has 0 bridgehead atoms. The van der Waals surface area contributed by atoms with Gasteiger partial charge >= 0.3 is 0 Å². The molecule has 0 aliphatic carbocycles. The molecule has 2 rings (SSSR count). The van der Waals surface area contributed by atoms with Gasteiger partial charge in [-0.2, -0.15) is 0 Å². The third kappa shape index (κ3) is 6.74. The van der Waals surface area contributed by atoms with Crippen molar-refractivity contribution in [1.29, 1.82) is 0 Å². The molecule has 2 aromatic rings. The van der Waals surface area contributed by atoms with Crippen molar-refractivity contribution in [3.8, 4) is 0 Å². The van der Waals surface area contributed by atoms with E-state index in [0.29, 0.717) is 35.5 Å². The summed E-state index contributed by atoms with van der Waals surface area (Å²) in [6.45, 7) is 28.2. The van der Waals surface area contributed by atoms with Crippen molar-refractivity contribution in [2.24, 2.45) is 0 Å². The van der Waals surface area contributed by atoms with E-state index in [0.717, 1.165) is 12.8 Å². The Morgan fingerprint density at radius 3 is 0.818 bits per heavy atom. The molecule has 0 fully saturated rings. The Labute approximate surface area is 206 Å². The molecule has 0 N–H and O–H groups in total. The van der Waals surface area contributed by atoms with E-state index < -0.39 is 0 Å². The highest BCUT2D eigenvalue weighted by molar-refractivity contribution is 5.46. The van der Waals surface area contributed by atoms with E-state index >= 15 is 0 Å². The van der Waals surface area contributed by atoms with Gasteiger partial charge in [-0.1, -0.05) is 107 Å². The summed E-state index contributed by atoms with van der Waals surface area (Å²) in [5.74, 6) is 3.46. The van der Waals surface area contributed by atoms with Crippen LogP contribution in [0.3, 0.4) is 0 Å². The second-order valence-electron chi connectivity index (χ2n) is 12.2. The second-order valence-corrected chi connectivity index (χ2v) is 12.2. The van der Waals surface area contributed by atoms with Gasteiger partial charge in [0.25, 0.3) is 0 Å². The Balaban J connectivity index is 2.35. The number of aryl methyl sites for hydroxylation is 2. The van der Waals surface area contributed by atoms with Crippen molar-refractivity contribution in [2.45, 2.75) is 138 Å². The lowest BCUT2D eigenvalue weighted by atomic mass is 9.80. The molecule has 0 heteroatoms. The summed E-state index contributed by atoms with van der Waals surface area (Å²) >= 11 is 0. The molecule has 0 radical (unpaired) electrons.